The molecule has 2 heterocycles. The molecule has 0 N–H and O–H groups in total. The maximum atomic E-state index is 4.20. The second-order valence-corrected chi connectivity index (χ2v) is 2.63. The third-order valence-electron chi connectivity index (χ3n) is 1.90. The van der Waals surface area contributed by atoms with Crippen LogP contribution in [0, 0.1) is 13.8 Å². The average Bonchev–Trinajstić information content (AvgIpc) is 2.63. The Kier molecular flexibility index (Phi) is 3.01. The Morgan fingerprint density at radius 1 is 1.23 bits per heavy atom. The summed E-state index contributed by atoms with van der Waals surface area (Å²) in [6.07, 6.45) is 3.63. The van der Waals surface area contributed by atoms with Crippen LogP contribution in [0.25, 0.3) is 5.65 Å². The molecule has 0 saturated heterocycles. The van der Waals surface area contributed by atoms with Crippen LogP contribution in [0.4, 0.5) is 0 Å². The quantitative estimate of drug-likeness (QED) is 0.618. The van der Waals surface area contributed by atoms with Crippen molar-refractivity contribution in [3.05, 3.63) is 29.7 Å². The highest BCUT2D eigenvalue weighted by Gasteiger charge is 1.99. The van der Waals surface area contributed by atoms with Gasteiger partial charge in [-0.25, -0.2) is 9.50 Å². The van der Waals surface area contributed by atoms with Gasteiger partial charge in [-0.05, 0) is 19.4 Å². The van der Waals surface area contributed by atoms with Gasteiger partial charge in [-0.15, -0.1) is 0 Å². The minimum atomic E-state index is 0.910. The van der Waals surface area contributed by atoms with Crippen molar-refractivity contribution in [1.82, 2.24) is 14.6 Å². The van der Waals surface area contributed by atoms with Crippen LogP contribution in [0.15, 0.2) is 18.5 Å². The lowest BCUT2D eigenvalue weighted by Crippen LogP contribution is -1.97. The van der Waals surface area contributed by atoms with Crippen LogP contribution in [-0.4, -0.2) is 14.6 Å². The molecule has 0 aliphatic carbocycles. The molecule has 0 saturated carbocycles. The van der Waals surface area contributed by atoms with E-state index in [0.717, 1.165) is 11.3 Å². The van der Waals surface area contributed by atoms with E-state index in [2.05, 4.69) is 10.1 Å². The summed E-state index contributed by atoms with van der Waals surface area (Å²) < 4.78 is 1.84. The average molecular weight is 177 g/mol. The molecule has 3 nitrogen and oxygen atoms in total. The van der Waals surface area contributed by atoms with Gasteiger partial charge in [0, 0.05) is 18.0 Å². The molecule has 0 radical (unpaired) electrons. The fraction of sp³-hybridized carbons (Fsp3) is 0.400. The van der Waals surface area contributed by atoms with Crippen molar-refractivity contribution in [3.8, 4) is 0 Å². The van der Waals surface area contributed by atoms with Crippen molar-refractivity contribution in [3.63, 3.8) is 0 Å². The van der Waals surface area contributed by atoms with Crippen LogP contribution in [-0.2, 0) is 0 Å². The molecule has 0 aliphatic heterocycles. The van der Waals surface area contributed by atoms with Crippen LogP contribution < -0.4 is 0 Å². The lowest BCUT2D eigenvalue weighted by Gasteiger charge is -2.00. The molecule has 0 amide bonds. The molecule has 2 rings (SSSR count). The maximum absolute atomic E-state index is 4.20. The Balaban J connectivity index is 0.000000396. The van der Waals surface area contributed by atoms with Gasteiger partial charge in [0.15, 0.2) is 5.65 Å². The smallest absolute Gasteiger partial charge is 0.155 e. The summed E-state index contributed by atoms with van der Waals surface area (Å²) >= 11 is 0. The second-order valence-electron chi connectivity index (χ2n) is 2.63. The predicted molar refractivity (Wildman–Crippen MR) is 53.8 cm³/mol. The molecule has 0 aliphatic rings. The molecule has 0 unspecified atom stereocenters. The van der Waals surface area contributed by atoms with Gasteiger partial charge in [-0.3, -0.25) is 0 Å². The normalized spacial score (nSPS) is 9.54. The molecule has 2 aromatic rings. The molecular weight excluding hydrogens is 162 g/mol. The Labute approximate surface area is 78.4 Å². The zero-order valence-electron chi connectivity index (χ0n) is 8.57. The van der Waals surface area contributed by atoms with Gasteiger partial charge >= 0.3 is 0 Å². The molecule has 0 atom stereocenters. The van der Waals surface area contributed by atoms with Crippen LogP contribution >= 0.6 is 0 Å². The Bertz CT molecular complexity index is 390. The largest absolute Gasteiger partial charge is 0.237 e. The van der Waals surface area contributed by atoms with E-state index in [0.29, 0.717) is 0 Å². The van der Waals surface area contributed by atoms with Gasteiger partial charge in [0.1, 0.15) is 0 Å². The number of fused-ring (bicyclic) bond motifs is 1. The zero-order valence-corrected chi connectivity index (χ0v) is 8.57. The minimum absolute atomic E-state index is 0.910. The Morgan fingerprint density at radius 2 is 1.92 bits per heavy atom. The van der Waals surface area contributed by atoms with E-state index in [1.54, 1.807) is 6.20 Å². The van der Waals surface area contributed by atoms with Crippen LogP contribution in [0.3, 0.4) is 0 Å². The van der Waals surface area contributed by atoms with Crippen LogP contribution in [0.1, 0.15) is 25.1 Å². The molecule has 0 spiro atoms. The van der Waals surface area contributed by atoms with E-state index < -0.39 is 0 Å². The summed E-state index contributed by atoms with van der Waals surface area (Å²) in [5.74, 6) is 0. The van der Waals surface area contributed by atoms with Crippen molar-refractivity contribution in [2.24, 2.45) is 0 Å². The first-order valence-electron chi connectivity index (χ1n) is 4.55. The van der Waals surface area contributed by atoms with Gasteiger partial charge in [-0.1, -0.05) is 13.8 Å². The van der Waals surface area contributed by atoms with Crippen molar-refractivity contribution in [1.29, 1.82) is 0 Å². The summed E-state index contributed by atoms with van der Waals surface area (Å²) in [6.45, 7) is 8.07. The van der Waals surface area contributed by atoms with Crippen molar-refractivity contribution < 1.29 is 0 Å². The van der Waals surface area contributed by atoms with E-state index in [-0.39, 0.29) is 0 Å². The Hall–Kier alpha value is -1.38. The number of hydrogen-bond donors (Lipinski definition) is 0. The molecule has 0 aromatic carbocycles. The Morgan fingerprint density at radius 3 is 2.62 bits per heavy atom. The number of aryl methyl sites for hydroxylation is 2. The second kappa shape index (κ2) is 4.03. The monoisotopic (exact) mass is 177 g/mol. The minimum Gasteiger partial charge on any atom is -0.237 e. The standard InChI is InChI=1S/C8H9N3.C2H6/c1-6-5-9-8-3-4-10-11(8)7(6)2;1-2/h3-5H,1-2H3;1-2H3. The van der Waals surface area contributed by atoms with Crippen LogP contribution in [0.5, 0.6) is 0 Å². The van der Waals surface area contributed by atoms with Gasteiger partial charge in [-0.2, -0.15) is 5.10 Å². The van der Waals surface area contributed by atoms with Crippen LogP contribution in [0.2, 0.25) is 0 Å². The van der Waals surface area contributed by atoms with E-state index in [1.807, 2.05) is 44.5 Å². The lowest BCUT2D eigenvalue weighted by molar-refractivity contribution is 0.881. The van der Waals surface area contributed by atoms with Crippen molar-refractivity contribution in [2.75, 3.05) is 0 Å². The highest BCUT2D eigenvalue weighted by molar-refractivity contribution is 5.38. The highest BCUT2D eigenvalue weighted by atomic mass is 15.2. The number of hydrogen-bond acceptors (Lipinski definition) is 2. The summed E-state index contributed by atoms with van der Waals surface area (Å²) in [5.41, 5.74) is 3.23. The highest BCUT2D eigenvalue weighted by Crippen LogP contribution is 2.06. The summed E-state index contributed by atoms with van der Waals surface area (Å²) in [5, 5.41) is 4.13. The van der Waals surface area contributed by atoms with E-state index >= 15 is 0 Å². The van der Waals surface area contributed by atoms with Gasteiger partial charge < -0.3 is 0 Å². The predicted octanol–water partition coefficient (Wildman–Crippen LogP) is 2.37. The first-order valence-corrected chi connectivity index (χ1v) is 4.55. The fourth-order valence-electron chi connectivity index (χ4n) is 1.08. The first-order chi connectivity index (χ1) is 6.29. The molecule has 0 fully saturated rings. The van der Waals surface area contributed by atoms with Gasteiger partial charge in [0.2, 0.25) is 0 Å². The third kappa shape index (κ3) is 1.69. The third-order valence-corrected chi connectivity index (χ3v) is 1.90. The summed E-state index contributed by atoms with van der Waals surface area (Å²) in [6, 6.07) is 1.90. The van der Waals surface area contributed by atoms with E-state index in [1.165, 1.54) is 5.56 Å². The SMILES string of the molecule is CC.Cc1cnc2ccnn2c1C. The molecule has 2 aromatic heterocycles. The number of aromatic nitrogens is 3. The lowest BCUT2D eigenvalue weighted by atomic mass is 10.3. The van der Waals surface area contributed by atoms with Crippen molar-refractivity contribution in [2.45, 2.75) is 27.7 Å². The first kappa shape index (κ1) is 9.71. The molecule has 13 heavy (non-hydrogen) atoms. The molecular formula is C10H15N3. The molecule has 3 heteroatoms. The maximum Gasteiger partial charge on any atom is 0.155 e. The fourth-order valence-corrected chi connectivity index (χ4v) is 1.08. The molecule has 0 bridgehead atoms. The molecule has 70 valence electrons. The summed E-state index contributed by atoms with van der Waals surface area (Å²) in [7, 11) is 0. The van der Waals surface area contributed by atoms with Crippen molar-refractivity contribution >= 4 is 5.65 Å². The zero-order chi connectivity index (χ0) is 9.84. The van der Waals surface area contributed by atoms with Gasteiger partial charge in [0.25, 0.3) is 0 Å². The number of rotatable bonds is 0. The number of nitrogens with zero attached hydrogens (tertiary/aromatic N) is 3. The van der Waals surface area contributed by atoms with Gasteiger partial charge in [0.05, 0.1) is 6.20 Å². The topological polar surface area (TPSA) is 30.2 Å². The van der Waals surface area contributed by atoms with E-state index in [9.17, 15) is 0 Å². The van der Waals surface area contributed by atoms with E-state index in [4.69, 9.17) is 0 Å². The summed E-state index contributed by atoms with van der Waals surface area (Å²) in [4.78, 5) is 4.20.